The van der Waals surface area contributed by atoms with Crippen molar-refractivity contribution in [1.29, 1.82) is 0 Å². The Balaban J connectivity index is 2.11. The molecule has 150 valence electrons. The number of aryl methyl sites for hydroxylation is 2. The Labute approximate surface area is 160 Å². The minimum atomic E-state index is -4.81. The molecule has 1 atom stereocenters. The SMILES string of the molecule is Cc1cc(C)cc(C[C@@H](CC(=O)[O-])C(=O)Nc2ccc(OC(F)(F)F)cc2)c1. The number of hydrogen-bond donors (Lipinski definition) is 1. The van der Waals surface area contributed by atoms with Crippen molar-refractivity contribution in [2.45, 2.75) is 33.1 Å². The zero-order valence-electron chi connectivity index (χ0n) is 15.3. The fourth-order valence-corrected chi connectivity index (χ4v) is 2.91. The van der Waals surface area contributed by atoms with Crippen molar-refractivity contribution in [1.82, 2.24) is 0 Å². The lowest BCUT2D eigenvalue weighted by atomic mass is 9.93. The Morgan fingerprint density at radius 2 is 1.64 bits per heavy atom. The van der Waals surface area contributed by atoms with Crippen LogP contribution in [0.15, 0.2) is 42.5 Å². The number of halogens is 3. The standard InChI is InChI=1S/C20H20F3NO4/c1-12-7-13(2)9-14(8-12)10-15(11-18(25)26)19(27)24-16-3-5-17(6-4-16)28-20(21,22)23/h3-9,15H,10-11H2,1-2H3,(H,24,27)(H,25,26)/p-1/t15-/m0/s1. The van der Waals surface area contributed by atoms with Gasteiger partial charge in [-0.25, -0.2) is 0 Å². The summed E-state index contributed by atoms with van der Waals surface area (Å²) < 4.78 is 40.3. The van der Waals surface area contributed by atoms with E-state index in [0.717, 1.165) is 28.8 Å². The number of alkyl halides is 3. The summed E-state index contributed by atoms with van der Waals surface area (Å²) in [5.41, 5.74) is 3.02. The third kappa shape index (κ3) is 6.94. The largest absolute Gasteiger partial charge is 0.573 e. The minimum absolute atomic E-state index is 0.192. The Morgan fingerprint density at radius 1 is 1.07 bits per heavy atom. The Hall–Kier alpha value is -3.03. The lowest BCUT2D eigenvalue weighted by molar-refractivity contribution is -0.306. The average Bonchev–Trinajstić information content (AvgIpc) is 2.53. The number of hydrogen-bond acceptors (Lipinski definition) is 4. The molecule has 0 heterocycles. The normalized spacial score (nSPS) is 12.3. The maximum atomic E-state index is 12.5. The predicted molar refractivity (Wildman–Crippen MR) is 94.5 cm³/mol. The molecule has 0 unspecified atom stereocenters. The molecular weight excluding hydrogens is 375 g/mol. The van der Waals surface area contributed by atoms with E-state index >= 15 is 0 Å². The summed E-state index contributed by atoms with van der Waals surface area (Å²) in [6.45, 7) is 3.80. The van der Waals surface area contributed by atoms with Crippen molar-refractivity contribution in [2.75, 3.05) is 5.32 Å². The van der Waals surface area contributed by atoms with E-state index in [-0.39, 0.29) is 12.1 Å². The van der Waals surface area contributed by atoms with Gasteiger partial charge in [0.15, 0.2) is 0 Å². The highest BCUT2D eigenvalue weighted by Crippen LogP contribution is 2.24. The van der Waals surface area contributed by atoms with Crippen LogP contribution in [0.4, 0.5) is 18.9 Å². The number of carboxylic acid groups (broad SMARTS) is 1. The van der Waals surface area contributed by atoms with E-state index in [0.29, 0.717) is 0 Å². The number of carbonyl (C=O) groups excluding carboxylic acids is 2. The number of carboxylic acids is 1. The minimum Gasteiger partial charge on any atom is -0.550 e. The van der Waals surface area contributed by atoms with Gasteiger partial charge in [-0.1, -0.05) is 29.3 Å². The van der Waals surface area contributed by atoms with Crippen LogP contribution in [0.1, 0.15) is 23.1 Å². The average molecular weight is 394 g/mol. The number of rotatable bonds is 7. The first-order valence-corrected chi connectivity index (χ1v) is 8.45. The predicted octanol–water partition coefficient (Wildman–Crippen LogP) is 3.14. The van der Waals surface area contributed by atoms with Gasteiger partial charge in [-0.05, 0) is 56.5 Å². The summed E-state index contributed by atoms with van der Waals surface area (Å²) in [5, 5.41) is 13.6. The first-order valence-electron chi connectivity index (χ1n) is 8.45. The molecule has 8 heteroatoms. The van der Waals surface area contributed by atoms with Gasteiger partial charge in [0.25, 0.3) is 0 Å². The van der Waals surface area contributed by atoms with Crippen LogP contribution >= 0.6 is 0 Å². The van der Waals surface area contributed by atoms with Gasteiger partial charge in [-0.2, -0.15) is 0 Å². The number of benzene rings is 2. The number of anilines is 1. The number of aliphatic carboxylic acids is 1. The summed E-state index contributed by atoms with van der Waals surface area (Å²) in [5.74, 6) is -3.24. The Morgan fingerprint density at radius 3 is 2.14 bits per heavy atom. The molecule has 2 aromatic carbocycles. The highest BCUT2D eigenvalue weighted by Gasteiger charge is 2.31. The fourth-order valence-electron chi connectivity index (χ4n) is 2.91. The Bertz CT molecular complexity index is 827. The van der Waals surface area contributed by atoms with E-state index in [1.807, 2.05) is 32.0 Å². The van der Waals surface area contributed by atoms with Crippen LogP contribution < -0.4 is 15.2 Å². The van der Waals surface area contributed by atoms with E-state index in [1.54, 1.807) is 0 Å². The molecule has 28 heavy (non-hydrogen) atoms. The molecule has 0 radical (unpaired) electrons. The molecule has 0 spiro atoms. The maximum Gasteiger partial charge on any atom is 0.573 e. The number of ether oxygens (including phenoxy) is 1. The van der Waals surface area contributed by atoms with E-state index in [2.05, 4.69) is 10.1 Å². The van der Waals surface area contributed by atoms with Crippen molar-refractivity contribution in [3.8, 4) is 5.75 Å². The van der Waals surface area contributed by atoms with Crippen molar-refractivity contribution >= 4 is 17.6 Å². The molecule has 0 aliphatic carbocycles. The monoisotopic (exact) mass is 394 g/mol. The van der Waals surface area contributed by atoms with Gasteiger partial charge in [0.1, 0.15) is 5.75 Å². The lowest BCUT2D eigenvalue weighted by Gasteiger charge is -2.18. The summed E-state index contributed by atoms with van der Waals surface area (Å²) in [6, 6.07) is 10.3. The van der Waals surface area contributed by atoms with Crippen LogP contribution in [0, 0.1) is 19.8 Å². The molecule has 2 aromatic rings. The molecule has 0 saturated heterocycles. The molecule has 0 aliphatic heterocycles. The quantitative estimate of drug-likeness (QED) is 0.783. The number of amides is 1. The third-order valence-electron chi connectivity index (χ3n) is 3.90. The van der Waals surface area contributed by atoms with Crippen LogP contribution in [0.2, 0.25) is 0 Å². The molecule has 0 aliphatic rings. The van der Waals surface area contributed by atoms with Crippen molar-refractivity contribution in [3.05, 3.63) is 59.2 Å². The Kier molecular flexibility index (Phi) is 6.66. The van der Waals surface area contributed by atoms with Crippen LogP contribution in [0.3, 0.4) is 0 Å². The van der Waals surface area contributed by atoms with E-state index < -0.39 is 36.3 Å². The van der Waals surface area contributed by atoms with Gasteiger partial charge < -0.3 is 20.0 Å². The van der Waals surface area contributed by atoms with Crippen LogP contribution in [-0.2, 0) is 16.0 Å². The summed E-state index contributed by atoms with van der Waals surface area (Å²) >= 11 is 0. The smallest absolute Gasteiger partial charge is 0.550 e. The molecule has 0 bridgehead atoms. The second kappa shape index (κ2) is 8.77. The maximum absolute atomic E-state index is 12.5. The second-order valence-corrected chi connectivity index (χ2v) is 6.53. The van der Waals surface area contributed by atoms with E-state index in [4.69, 9.17) is 0 Å². The summed E-state index contributed by atoms with van der Waals surface area (Å²) in [7, 11) is 0. The number of nitrogens with one attached hydrogen (secondary N) is 1. The highest BCUT2D eigenvalue weighted by molar-refractivity contribution is 5.94. The van der Waals surface area contributed by atoms with Gasteiger partial charge in [-0.15, -0.1) is 13.2 Å². The zero-order chi connectivity index (χ0) is 20.9. The van der Waals surface area contributed by atoms with Gasteiger partial charge in [0.2, 0.25) is 5.91 Å². The lowest BCUT2D eigenvalue weighted by Crippen LogP contribution is -2.32. The highest BCUT2D eigenvalue weighted by atomic mass is 19.4. The summed E-state index contributed by atoms with van der Waals surface area (Å²) in [4.78, 5) is 23.6. The first kappa shape index (κ1) is 21.3. The van der Waals surface area contributed by atoms with Crippen LogP contribution in [-0.4, -0.2) is 18.2 Å². The van der Waals surface area contributed by atoms with Crippen molar-refractivity contribution in [2.24, 2.45) is 5.92 Å². The van der Waals surface area contributed by atoms with Crippen molar-refractivity contribution < 1.29 is 32.6 Å². The van der Waals surface area contributed by atoms with Gasteiger partial charge >= 0.3 is 6.36 Å². The molecule has 0 saturated carbocycles. The topological polar surface area (TPSA) is 78.5 Å². The van der Waals surface area contributed by atoms with Crippen LogP contribution in [0.5, 0.6) is 5.75 Å². The van der Waals surface area contributed by atoms with Gasteiger partial charge in [0, 0.05) is 17.6 Å². The van der Waals surface area contributed by atoms with Crippen LogP contribution in [0.25, 0.3) is 0 Å². The molecule has 5 nitrogen and oxygen atoms in total. The molecule has 2 rings (SSSR count). The molecule has 0 aromatic heterocycles. The van der Waals surface area contributed by atoms with E-state index in [9.17, 15) is 27.9 Å². The van der Waals surface area contributed by atoms with E-state index in [1.165, 1.54) is 12.1 Å². The van der Waals surface area contributed by atoms with Gasteiger partial charge in [0.05, 0.1) is 0 Å². The van der Waals surface area contributed by atoms with Crippen molar-refractivity contribution in [3.63, 3.8) is 0 Å². The first-order chi connectivity index (χ1) is 13.0. The second-order valence-electron chi connectivity index (χ2n) is 6.53. The zero-order valence-corrected chi connectivity index (χ0v) is 15.3. The number of carbonyl (C=O) groups is 2. The van der Waals surface area contributed by atoms with Gasteiger partial charge in [-0.3, -0.25) is 4.79 Å². The molecule has 1 N–H and O–H groups in total. The third-order valence-corrected chi connectivity index (χ3v) is 3.90. The summed E-state index contributed by atoms with van der Waals surface area (Å²) in [6.07, 6.45) is -5.10. The fraction of sp³-hybridized carbons (Fsp3) is 0.300. The molecule has 0 fully saturated rings. The molecule has 1 amide bonds. The molecular formula is C20H19F3NO4-.